The van der Waals surface area contributed by atoms with E-state index in [1.54, 1.807) is 6.20 Å². The Balaban J connectivity index is 0. The number of allylic oxidation sites excluding steroid dienone is 1. The largest absolute Gasteiger partial charge is 0.383 e. The Labute approximate surface area is 63.5 Å². The average molecular weight is 143 g/mol. The Morgan fingerprint density at radius 1 is 1.30 bits per heavy atom. The third-order valence-corrected chi connectivity index (χ3v) is 0.607. The van der Waals surface area contributed by atoms with E-state index in [0.717, 1.165) is 0 Å². The van der Waals surface area contributed by atoms with Crippen LogP contribution in [0.2, 0.25) is 0 Å². The molecule has 0 aliphatic rings. The van der Waals surface area contributed by atoms with Crippen molar-refractivity contribution in [3.63, 3.8) is 0 Å². The highest BCUT2D eigenvalue weighted by Crippen LogP contribution is 1.77. The monoisotopic (exact) mass is 143 g/mol. The quantitative estimate of drug-likeness (QED) is 0.548. The van der Waals surface area contributed by atoms with Gasteiger partial charge in [-0.15, -0.1) is 0 Å². The highest BCUT2D eigenvalue weighted by molar-refractivity contribution is 5.87. The van der Waals surface area contributed by atoms with Crippen LogP contribution in [0.5, 0.6) is 0 Å². The minimum Gasteiger partial charge on any atom is -0.383 e. The van der Waals surface area contributed by atoms with E-state index in [1.807, 2.05) is 32.8 Å². The Morgan fingerprint density at radius 3 is 1.80 bits per heavy atom. The average Bonchev–Trinajstić information content (AvgIpc) is 1.89. The first-order valence-corrected chi connectivity index (χ1v) is 3.48. The number of carbonyl (C=O) groups is 1. The number of carbonyl (C=O) groups excluding carboxylic acids is 1. The highest BCUT2D eigenvalue weighted by Gasteiger charge is 1.79. The van der Waals surface area contributed by atoms with Gasteiger partial charge in [-0.25, -0.2) is 0 Å². The number of rotatable bonds is 2. The van der Waals surface area contributed by atoms with Crippen LogP contribution in [0.4, 0.5) is 0 Å². The van der Waals surface area contributed by atoms with Crippen molar-refractivity contribution >= 4 is 5.78 Å². The second-order valence-electron chi connectivity index (χ2n) is 1.89. The van der Waals surface area contributed by atoms with Gasteiger partial charge in [-0.2, -0.15) is 0 Å². The molecule has 10 heavy (non-hydrogen) atoms. The van der Waals surface area contributed by atoms with Crippen LogP contribution in [0.3, 0.4) is 0 Å². The van der Waals surface area contributed by atoms with Gasteiger partial charge in [0.1, 0.15) is 0 Å². The van der Waals surface area contributed by atoms with Crippen LogP contribution in [0.25, 0.3) is 0 Å². The van der Waals surface area contributed by atoms with Crippen LogP contribution in [-0.2, 0) is 4.79 Å². The smallest absolute Gasteiger partial charge is 0.154 e. The molecule has 0 radical (unpaired) electrons. The summed E-state index contributed by atoms with van der Waals surface area (Å²) < 4.78 is 0. The molecule has 0 aromatic rings. The Kier molecular flexibility index (Phi) is 9.80. The van der Waals surface area contributed by atoms with Crippen LogP contribution in [0.15, 0.2) is 12.3 Å². The normalized spacial score (nSPS) is 8.50. The number of ketones is 1. The topological polar surface area (TPSA) is 20.3 Å². The molecule has 2 nitrogen and oxygen atoms in total. The number of hydrogen-bond donors (Lipinski definition) is 0. The molecule has 0 unspecified atom stereocenters. The van der Waals surface area contributed by atoms with Crippen molar-refractivity contribution in [2.75, 3.05) is 14.1 Å². The molecule has 0 N–H and O–H groups in total. The van der Waals surface area contributed by atoms with Crippen LogP contribution >= 0.6 is 0 Å². The second kappa shape index (κ2) is 8.21. The van der Waals surface area contributed by atoms with Crippen molar-refractivity contribution < 1.29 is 4.79 Å². The van der Waals surface area contributed by atoms with Gasteiger partial charge in [0.15, 0.2) is 5.78 Å². The summed E-state index contributed by atoms with van der Waals surface area (Å²) in [5.74, 6) is 0.0821. The van der Waals surface area contributed by atoms with Gasteiger partial charge >= 0.3 is 0 Å². The Bertz CT molecular complexity index is 106. The summed E-state index contributed by atoms with van der Waals surface area (Å²) in [6, 6.07) is 0. The van der Waals surface area contributed by atoms with Crippen molar-refractivity contribution in [2.24, 2.45) is 0 Å². The predicted molar refractivity (Wildman–Crippen MR) is 44.9 cm³/mol. The van der Waals surface area contributed by atoms with Crippen molar-refractivity contribution in [3.8, 4) is 0 Å². The zero-order valence-corrected chi connectivity index (χ0v) is 7.51. The lowest BCUT2D eigenvalue weighted by Crippen LogP contribution is -2.01. The minimum absolute atomic E-state index is 0.0821. The summed E-state index contributed by atoms with van der Waals surface area (Å²) in [6.07, 6.45) is 3.25. The summed E-state index contributed by atoms with van der Waals surface area (Å²) in [4.78, 5) is 12.1. The molecule has 0 amide bonds. The van der Waals surface area contributed by atoms with Crippen LogP contribution in [-0.4, -0.2) is 24.8 Å². The summed E-state index contributed by atoms with van der Waals surface area (Å²) in [6.45, 7) is 5.53. The standard InChI is InChI=1S/C6H11NO.C2H6/c1-6(8)4-5-7(2)3;1-2/h4-5H,1-3H3;1-2H3/b5-4+;. The van der Waals surface area contributed by atoms with Crippen molar-refractivity contribution in [1.29, 1.82) is 0 Å². The van der Waals surface area contributed by atoms with Crippen LogP contribution in [0, 0.1) is 0 Å². The number of hydrogen-bond acceptors (Lipinski definition) is 2. The summed E-state index contributed by atoms with van der Waals surface area (Å²) in [5.41, 5.74) is 0. The van der Waals surface area contributed by atoms with Gasteiger partial charge in [0.25, 0.3) is 0 Å². The fraction of sp³-hybridized carbons (Fsp3) is 0.625. The molecule has 0 aromatic carbocycles. The zero-order chi connectivity index (χ0) is 8.57. The third kappa shape index (κ3) is 15.7. The minimum atomic E-state index is 0.0821. The maximum absolute atomic E-state index is 10.2. The lowest BCUT2D eigenvalue weighted by molar-refractivity contribution is -0.112. The molecule has 60 valence electrons. The number of nitrogens with zero attached hydrogens (tertiary/aromatic N) is 1. The van der Waals surface area contributed by atoms with E-state index in [2.05, 4.69) is 0 Å². The zero-order valence-electron chi connectivity index (χ0n) is 7.51. The van der Waals surface area contributed by atoms with Gasteiger partial charge in [-0.1, -0.05) is 13.8 Å². The molecule has 0 saturated carbocycles. The fourth-order valence-electron chi connectivity index (χ4n) is 0.254. The van der Waals surface area contributed by atoms with Crippen LogP contribution in [0.1, 0.15) is 20.8 Å². The van der Waals surface area contributed by atoms with E-state index in [-0.39, 0.29) is 5.78 Å². The van der Waals surface area contributed by atoms with E-state index < -0.39 is 0 Å². The van der Waals surface area contributed by atoms with E-state index in [9.17, 15) is 4.79 Å². The summed E-state index contributed by atoms with van der Waals surface area (Å²) in [5, 5.41) is 0. The molecule has 0 saturated heterocycles. The van der Waals surface area contributed by atoms with E-state index >= 15 is 0 Å². The molecule has 0 bridgehead atoms. The molecule has 0 aromatic heterocycles. The van der Waals surface area contributed by atoms with E-state index in [1.165, 1.54) is 13.0 Å². The maximum Gasteiger partial charge on any atom is 0.154 e. The van der Waals surface area contributed by atoms with Gasteiger partial charge in [0.05, 0.1) is 0 Å². The SMILES string of the molecule is CC.CC(=O)/C=C/N(C)C. The lowest BCUT2D eigenvalue weighted by Gasteiger charge is -2.00. The van der Waals surface area contributed by atoms with E-state index in [0.29, 0.717) is 0 Å². The summed E-state index contributed by atoms with van der Waals surface area (Å²) in [7, 11) is 3.75. The molecule has 0 atom stereocenters. The van der Waals surface area contributed by atoms with Crippen molar-refractivity contribution in [1.82, 2.24) is 4.90 Å². The van der Waals surface area contributed by atoms with Gasteiger partial charge in [0, 0.05) is 20.3 Å². The molecule has 0 aliphatic heterocycles. The van der Waals surface area contributed by atoms with Crippen molar-refractivity contribution in [2.45, 2.75) is 20.8 Å². The van der Waals surface area contributed by atoms with Crippen molar-refractivity contribution in [3.05, 3.63) is 12.3 Å². The van der Waals surface area contributed by atoms with E-state index in [4.69, 9.17) is 0 Å². The van der Waals surface area contributed by atoms with Crippen LogP contribution < -0.4 is 0 Å². The third-order valence-electron chi connectivity index (χ3n) is 0.607. The molecule has 0 fully saturated rings. The molecule has 0 heterocycles. The van der Waals surface area contributed by atoms with Gasteiger partial charge < -0.3 is 4.90 Å². The first-order chi connectivity index (χ1) is 4.63. The summed E-state index contributed by atoms with van der Waals surface area (Å²) >= 11 is 0. The molecular weight excluding hydrogens is 126 g/mol. The highest BCUT2D eigenvalue weighted by atomic mass is 16.1. The lowest BCUT2D eigenvalue weighted by atomic mass is 10.4. The predicted octanol–water partition coefficient (Wildman–Crippen LogP) is 1.68. The van der Waals surface area contributed by atoms with Gasteiger partial charge in [-0.05, 0) is 13.0 Å². The fourth-order valence-corrected chi connectivity index (χ4v) is 0.254. The Hall–Kier alpha value is -0.790. The van der Waals surface area contributed by atoms with Gasteiger partial charge in [-0.3, -0.25) is 4.79 Å². The molecule has 0 rings (SSSR count). The molecule has 0 spiro atoms. The second-order valence-corrected chi connectivity index (χ2v) is 1.89. The Morgan fingerprint density at radius 2 is 1.70 bits per heavy atom. The molecular formula is C8H17NO. The molecule has 0 aliphatic carbocycles. The van der Waals surface area contributed by atoms with Gasteiger partial charge in [0.2, 0.25) is 0 Å². The first kappa shape index (κ1) is 11.9. The molecule has 2 heteroatoms. The maximum atomic E-state index is 10.2. The first-order valence-electron chi connectivity index (χ1n) is 3.48.